The van der Waals surface area contributed by atoms with Crippen molar-refractivity contribution in [2.24, 2.45) is 5.10 Å². The number of H-pyrrole nitrogens is 1. The van der Waals surface area contributed by atoms with Crippen molar-refractivity contribution in [3.05, 3.63) is 101 Å². The maximum Gasteiger partial charge on any atom is 0.271 e. The van der Waals surface area contributed by atoms with Crippen LogP contribution in [0.3, 0.4) is 0 Å². The van der Waals surface area contributed by atoms with Gasteiger partial charge in [0.25, 0.3) is 5.91 Å². The number of carbonyl (C=O) groups is 1. The lowest BCUT2D eigenvalue weighted by atomic mass is 10.2. The summed E-state index contributed by atoms with van der Waals surface area (Å²) in [7, 11) is 0. The largest absolute Gasteiger partial charge is 0.489 e. The molecule has 144 valence electrons. The van der Waals surface area contributed by atoms with Gasteiger partial charge in [-0.15, -0.1) is 0 Å². The molecule has 0 aliphatic carbocycles. The number of aromatic amines is 1. The Morgan fingerprint density at radius 2 is 1.93 bits per heavy atom. The van der Waals surface area contributed by atoms with Gasteiger partial charge in [-0.1, -0.05) is 48.0 Å². The van der Waals surface area contributed by atoms with Gasteiger partial charge in [-0.3, -0.25) is 4.79 Å². The molecule has 0 saturated carbocycles. The van der Waals surface area contributed by atoms with Crippen molar-refractivity contribution >= 4 is 34.6 Å². The zero-order valence-electron chi connectivity index (χ0n) is 15.4. The molecule has 0 saturated heterocycles. The molecule has 4 aromatic rings. The van der Waals surface area contributed by atoms with Gasteiger partial charge in [-0.25, -0.2) is 5.43 Å². The molecule has 1 amide bonds. The van der Waals surface area contributed by atoms with Crippen LogP contribution in [0.5, 0.6) is 5.75 Å². The van der Waals surface area contributed by atoms with E-state index in [1.807, 2.05) is 54.7 Å². The number of fused-ring (bicyclic) bond motifs is 1. The molecule has 0 radical (unpaired) electrons. The summed E-state index contributed by atoms with van der Waals surface area (Å²) in [5.41, 5.74) is 5.87. The van der Waals surface area contributed by atoms with Gasteiger partial charge in [-0.05, 0) is 42.0 Å². The quantitative estimate of drug-likeness (QED) is 0.344. The summed E-state index contributed by atoms with van der Waals surface area (Å²) in [5, 5.41) is 5.52. The van der Waals surface area contributed by atoms with E-state index in [0.717, 1.165) is 27.8 Å². The normalized spacial score (nSPS) is 11.1. The molecule has 0 fully saturated rings. The second-order valence-electron chi connectivity index (χ2n) is 6.44. The van der Waals surface area contributed by atoms with Crippen LogP contribution in [0.15, 0.2) is 84.1 Å². The fourth-order valence-electron chi connectivity index (χ4n) is 2.91. The highest BCUT2D eigenvalue weighted by Crippen LogP contribution is 2.23. The Bertz CT molecular complexity index is 1170. The third-order valence-electron chi connectivity index (χ3n) is 4.39. The highest BCUT2D eigenvalue weighted by molar-refractivity contribution is 6.30. The number of nitrogens with one attached hydrogen (secondary N) is 2. The fraction of sp³-hybridized carbons (Fsp3) is 0.0435. The molecule has 0 bridgehead atoms. The van der Waals surface area contributed by atoms with E-state index in [1.54, 1.807) is 30.5 Å². The first-order valence-corrected chi connectivity index (χ1v) is 9.44. The van der Waals surface area contributed by atoms with Crippen molar-refractivity contribution in [3.8, 4) is 5.75 Å². The summed E-state index contributed by atoms with van der Waals surface area (Å²) in [4.78, 5) is 15.3. The zero-order chi connectivity index (χ0) is 20.1. The molecule has 0 spiro atoms. The molecule has 2 N–H and O–H groups in total. The molecular formula is C23H18ClN3O2. The number of ether oxygens (including phenoxy) is 1. The summed E-state index contributed by atoms with van der Waals surface area (Å²) in [6, 6.07) is 22.5. The SMILES string of the molecule is O=C(N/N=C\c1c[nH]c2ccc(OCc3ccccc3)cc12)c1cccc(Cl)c1. The Hall–Kier alpha value is -3.57. The van der Waals surface area contributed by atoms with E-state index in [1.165, 1.54) is 0 Å². The van der Waals surface area contributed by atoms with Gasteiger partial charge in [0.05, 0.1) is 6.21 Å². The lowest BCUT2D eigenvalue weighted by Gasteiger charge is -2.06. The topological polar surface area (TPSA) is 66.5 Å². The van der Waals surface area contributed by atoms with Crippen LogP contribution in [-0.4, -0.2) is 17.1 Å². The van der Waals surface area contributed by atoms with Crippen molar-refractivity contribution < 1.29 is 9.53 Å². The van der Waals surface area contributed by atoms with Crippen LogP contribution in [0, 0.1) is 0 Å². The van der Waals surface area contributed by atoms with Gasteiger partial charge in [0.1, 0.15) is 12.4 Å². The predicted molar refractivity (Wildman–Crippen MR) is 116 cm³/mol. The Balaban J connectivity index is 1.46. The average Bonchev–Trinajstić information content (AvgIpc) is 3.15. The van der Waals surface area contributed by atoms with Crippen LogP contribution in [0.4, 0.5) is 0 Å². The number of hydrazone groups is 1. The van der Waals surface area contributed by atoms with Gasteiger partial charge in [0.15, 0.2) is 0 Å². The Kier molecular flexibility index (Phi) is 5.59. The first-order chi connectivity index (χ1) is 14.2. The predicted octanol–water partition coefficient (Wildman–Crippen LogP) is 5.16. The number of aromatic nitrogens is 1. The number of benzene rings is 3. The first kappa shape index (κ1) is 18.8. The van der Waals surface area contributed by atoms with E-state index in [0.29, 0.717) is 17.2 Å². The second kappa shape index (κ2) is 8.63. The minimum Gasteiger partial charge on any atom is -0.489 e. The number of carbonyl (C=O) groups excluding carboxylic acids is 1. The number of nitrogens with zero attached hydrogens (tertiary/aromatic N) is 1. The third kappa shape index (κ3) is 4.65. The molecule has 6 heteroatoms. The molecule has 0 aliphatic rings. The lowest BCUT2D eigenvalue weighted by Crippen LogP contribution is -2.17. The van der Waals surface area contributed by atoms with Crippen LogP contribution in [0.2, 0.25) is 5.02 Å². The molecule has 1 heterocycles. The Labute approximate surface area is 173 Å². The monoisotopic (exact) mass is 403 g/mol. The Morgan fingerprint density at radius 1 is 1.07 bits per heavy atom. The summed E-state index contributed by atoms with van der Waals surface area (Å²) < 4.78 is 5.90. The molecule has 0 unspecified atom stereocenters. The van der Waals surface area contributed by atoms with Crippen molar-refractivity contribution in [1.29, 1.82) is 0 Å². The summed E-state index contributed by atoms with van der Waals surface area (Å²) in [5.74, 6) is 0.439. The number of rotatable bonds is 6. The van der Waals surface area contributed by atoms with Crippen LogP contribution in [-0.2, 0) is 6.61 Å². The summed E-state index contributed by atoms with van der Waals surface area (Å²) in [6.45, 7) is 0.496. The summed E-state index contributed by atoms with van der Waals surface area (Å²) in [6.07, 6.45) is 3.43. The van der Waals surface area contributed by atoms with E-state index in [4.69, 9.17) is 16.3 Å². The molecule has 1 aromatic heterocycles. The lowest BCUT2D eigenvalue weighted by molar-refractivity contribution is 0.0955. The third-order valence-corrected chi connectivity index (χ3v) is 4.63. The van der Waals surface area contributed by atoms with E-state index in [-0.39, 0.29) is 5.91 Å². The van der Waals surface area contributed by atoms with Gasteiger partial charge < -0.3 is 9.72 Å². The first-order valence-electron chi connectivity index (χ1n) is 9.06. The fourth-order valence-corrected chi connectivity index (χ4v) is 3.10. The maximum absolute atomic E-state index is 12.2. The number of halogens is 1. The van der Waals surface area contributed by atoms with E-state index >= 15 is 0 Å². The number of hydrogen-bond acceptors (Lipinski definition) is 3. The molecule has 5 nitrogen and oxygen atoms in total. The van der Waals surface area contributed by atoms with Crippen molar-refractivity contribution in [2.75, 3.05) is 0 Å². The smallest absolute Gasteiger partial charge is 0.271 e. The van der Waals surface area contributed by atoms with Gasteiger partial charge in [-0.2, -0.15) is 5.10 Å². The van der Waals surface area contributed by atoms with Gasteiger partial charge >= 0.3 is 0 Å². The minimum absolute atomic E-state index is 0.324. The number of amides is 1. The van der Waals surface area contributed by atoms with Gasteiger partial charge in [0.2, 0.25) is 0 Å². The van der Waals surface area contributed by atoms with Crippen molar-refractivity contribution in [1.82, 2.24) is 10.4 Å². The van der Waals surface area contributed by atoms with Crippen LogP contribution < -0.4 is 10.2 Å². The molecule has 0 aliphatic heterocycles. The van der Waals surface area contributed by atoms with Gasteiger partial charge in [0, 0.05) is 33.2 Å². The van der Waals surface area contributed by atoms with E-state index in [9.17, 15) is 4.79 Å². The van der Waals surface area contributed by atoms with Crippen LogP contribution >= 0.6 is 11.6 Å². The standard InChI is InChI=1S/C23H18ClN3O2/c24-19-8-4-7-17(11-19)23(28)27-26-14-18-13-25-22-10-9-20(12-21(18)22)29-15-16-5-2-1-3-6-16/h1-14,25H,15H2,(H,27,28)/b26-14-. The molecule has 3 aromatic carbocycles. The Morgan fingerprint density at radius 3 is 2.76 bits per heavy atom. The van der Waals surface area contributed by atoms with Crippen LogP contribution in [0.1, 0.15) is 21.5 Å². The maximum atomic E-state index is 12.2. The van der Waals surface area contributed by atoms with E-state index < -0.39 is 0 Å². The van der Waals surface area contributed by atoms with Crippen LogP contribution in [0.25, 0.3) is 10.9 Å². The number of hydrogen-bond donors (Lipinski definition) is 2. The molecule has 29 heavy (non-hydrogen) atoms. The molecule has 4 rings (SSSR count). The zero-order valence-corrected chi connectivity index (χ0v) is 16.2. The van der Waals surface area contributed by atoms with E-state index in [2.05, 4.69) is 15.5 Å². The van der Waals surface area contributed by atoms with Crippen molar-refractivity contribution in [3.63, 3.8) is 0 Å². The summed E-state index contributed by atoms with van der Waals surface area (Å²) >= 11 is 5.91. The molecular weight excluding hydrogens is 386 g/mol. The average molecular weight is 404 g/mol. The van der Waals surface area contributed by atoms with Crippen molar-refractivity contribution in [2.45, 2.75) is 6.61 Å². The second-order valence-corrected chi connectivity index (χ2v) is 6.87. The minimum atomic E-state index is -0.324. The molecule has 0 atom stereocenters. The highest BCUT2D eigenvalue weighted by Gasteiger charge is 2.06. The highest BCUT2D eigenvalue weighted by atomic mass is 35.5.